The Bertz CT molecular complexity index is 3080. The van der Waals surface area contributed by atoms with Gasteiger partial charge in [0, 0.05) is 55.2 Å². The number of rotatable bonds is 18. The Morgan fingerprint density at radius 1 is 0.684 bits per heavy atom. The molecule has 6 rings (SSSR count). The summed E-state index contributed by atoms with van der Waals surface area (Å²) < 4.78 is 5.58. The molecule has 95 heavy (non-hydrogen) atoms. The van der Waals surface area contributed by atoms with Crippen LogP contribution in [0.15, 0.2) is 47.1 Å². The van der Waals surface area contributed by atoms with E-state index in [9.17, 15) is 77.3 Å². The van der Waals surface area contributed by atoms with Crippen molar-refractivity contribution in [3.8, 4) is 5.75 Å². The molecule has 0 radical (unpaired) electrons. The highest BCUT2D eigenvalue weighted by molar-refractivity contribution is 8.77. The van der Waals surface area contributed by atoms with Crippen LogP contribution in [0.4, 0.5) is 0 Å². The largest absolute Gasteiger partial charge is 0.508 e. The molecule has 1 aromatic heterocycles. The molecule has 2 bridgehead atoms. The van der Waals surface area contributed by atoms with Crippen LogP contribution in [0, 0.1) is 11.8 Å². The lowest BCUT2D eigenvalue weighted by atomic mass is 10.0. The number of benzene rings is 1. The van der Waals surface area contributed by atoms with E-state index in [4.69, 9.17) is 15.9 Å². The Morgan fingerprint density at radius 2 is 1.33 bits per heavy atom. The number of carbonyl (C=O) groups is 14. The summed E-state index contributed by atoms with van der Waals surface area (Å²) in [4.78, 5) is 197. The molecule has 0 spiro atoms. The molecule has 32 nitrogen and oxygen atoms in total. The van der Waals surface area contributed by atoms with Gasteiger partial charge in [0.15, 0.2) is 0 Å². The van der Waals surface area contributed by atoms with E-state index in [1.807, 2.05) is 0 Å². The van der Waals surface area contributed by atoms with Crippen LogP contribution in [0.5, 0.6) is 5.75 Å². The minimum Gasteiger partial charge on any atom is -0.508 e. The van der Waals surface area contributed by atoms with Gasteiger partial charge in [-0.25, -0.2) is 0 Å². The number of hydrogen-bond donors (Lipinski definition) is 16. The van der Waals surface area contributed by atoms with Crippen molar-refractivity contribution in [2.45, 2.75) is 158 Å². The first-order valence-corrected chi connectivity index (χ1v) is 36.0. The number of amides is 14. The van der Waals surface area contributed by atoms with Crippen molar-refractivity contribution in [1.82, 2.24) is 68.7 Å². The van der Waals surface area contributed by atoms with Gasteiger partial charge in [-0.2, -0.15) is 0 Å². The van der Waals surface area contributed by atoms with Crippen LogP contribution in [-0.4, -0.2) is 220 Å². The predicted octanol–water partition coefficient (Wildman–Crippen LogP) is -4.29. The van der Waals surface area contributed by atoms with Gasteiger partial charge in [0.1, 0.15) is 78.0 Å². The Kier molecular flexibility index (Phi) is 30.1. The zero-order chi connectivity index (χ0) is 69.5. The molecule has 4 aliphatic rings. The van der Waals surface area contributed by atoms with Gasteiger partial charge in [-0.05, 0) is 80.3 Å². The number of phenols is 1. The lowest BCUT2D eigenvalue weighted by Crippen LogP contribution is -2.61. The third-order valence-electron chi connectivity index (χ3n) is 15.5. The summed E-state index contributed by atoms with van der Waals surface area (Å²) in [6.45, 7) is 5.13. The van der Waals surface area contributed by atoms with Crippen LogP contribution < -0.4 is 75.3 Å². The van der Waals surface area contributed by atoms with Crippen molar-refractivity contribution in [2.24, 2.45) is 23.3 Å². The summed E-state index contributed by atoms with van der Waals surface area (Å²) >= 11 is 0. The van der Waals surface area contributed by atoms with E-state index >= 15 is 0 Å². The van der Waals surface area contributed by atoms with Crippen LogP contribution in [-0.2, 0) is 80.0 Å². The fourth-order valence-electron chi connectivity index (χ4n) is 10.4. The lowest BCUT2D eigenvalue weighted by molar-refractivity contribution is -0.142. The molecule has 0 aliphatic carbocycles. The summed E-state index contributed by atoms with van der Waals surface area (Å²) in [5, 5.41) is 52.3. The minimum absolute atomic E-state index is 0.00200. The maximum atomic E-state index is 15.0. The smallest absolute Gasteiger partial charge is 0.246 e. The molecule has 4 saturated heterocycles. The van der Waals surface area contributed by atoms with E-state index in [-0.39, 0.29) is 97.8 Å². The number of nitrogens with zero attached hydrogens (tertiary/aromatic N) is 1. The Balaban J connectivity index is 1.41. The summed E-state index contributed by atoms with van der Waals surface area (Å²) in [6, 6.07) is -6.85. The first-order chi connectivity index (χ1) is 45.2. The van der Waals surface area contributed by atoms with E-state index in [0.29, 0.717) is 18.4 Å². The van der Waals surface area contributed by atoms with Crippen molar-refractivity contribution in [2.75, 3.05) is 49.2 Å². The van der Waals surface area contributed by atoms with Gasteiger partial charge in [0.05, 0.1) is 25.5 Å². The minimum atomic E-state index is -1.60. The van der Waals surface area contributed by atoms with E-state index in [0.717, 1.165) is 48.1 Å². The second-order valence-electron chi connectivity index (χ2n) is 23.9. The summed E-state index contributed by atoms with van der Waals surface area (Å²) in [5.74, 6) is -14.1. The molecule has 522 valence electrons. The number of primary amides is 1. The second-order valence-corrected chi connectivity index (χ2v) is 29.0. The highest BCUT2D eigenvalue weighted by Crippen LogP contribution is 2.27. The molecule has 36 heteroatoms. The number of aromatic hydroxyl groups is 1. The lowest BCUT2D eigenvalue weighted by Gasteiger charge is -2.30. The SMILES string of the molecule is CC(C)C[C@@H]1NC(=O)[C@H](CCCCN)NC(=O)[C@H](Cc2ccc(O)cc2)NC(=O)CNC(=O)[C@@H]2CSSC[C@H](NC1=O)C(=O)N[C@@H](Cc1ccco1)C(=O)N1C[C@H](O)C[C@H]1C(=O)N[C@H](C(N)=O)CSSC[C@H](NC(=O)[C@@H](NC(=O)CNC(=O)[C@@H]1CCC(=O)N1)C(C)C)C(=O)N2. The van der Waals surface area contributed by atoms with E-state index in [2.05, 4.69) is 63.8 Å². The third kappa shape index (κ3) is 24.1. The van der Waals surface area contributed by atoms with Crippen LogP contribution >= 0.6 is 43.2 Å². The van der Waals surface area contributed by atoms with E-state index in [1.54, 1.807) is 27.7 Å². The molecular weight excluding hydrogens is 1320 g/mol. The number of aliphatic hydroxyl groups excluding tert-OH is 1. The van der Waals surface area contributed by atoms with Crippen molar-refractivity contribution in [3.63, 3.8) is 0 Å². The first kappa shape index (κ1) is 76.2. The Hall–Kier alpha value is -7.80. The quantitative estimate of drug-likeness (QED) is 0.0496. The van der Waals surface area contributed by atoms with Gasteiger partial charge < -0.3 is 94.8 Å². The topological polar surface area (TPSA) is 492 Å². The number of unbranched alkanes of at least 4 members (excludes halogenated alkanes) is 1. The highest BCUT2D eigenvalue weighted by Gasteiger charge is 2.44. The number of carbonyl (C=O) groups excluding carboxylic acids is 14. The summed E-state index contributed by atoms with van der Waals surface area (Å²) in [7, 11) is 3.65. The van der Waals surface area contributed by atoms with Gasteiger partial charge in [-0.3, -0.25) is 67.1 Å². The number of phenolic OH excluding ortho intramolecular Hbond substituents is 1. The van der Waals surface area contributed by atoms with Crippen LogP contribution in [0.3, 0.4) is 0 Å². The summed E-state index contributed by atoms with van der Waals surface area (Å²) in [5.41, 5.74) is 12.1. The van der Waals surface area contributed by atoms with Crippen LogP contribution in [0.2, 0.25) is 0 Å². The standard InChI is InChI=1S/C59H85N15O17S4/c1-29(2)18-37-53(84)71-42-27-95-93-26-41(51(82)63-22-46(78)65-38(19-31-10-12-32(75)13-11-31)54(85)66-35(52(83)67-37)9-5-6-16-60)70-56(87)43(72-58(89)48(30(3)4)73-47(79)23-62-50(81)36-14-15-45(77)64-36)28-94-92-25-40(49(61)80)69-57(88)44-20-33(76)24-74(44)59(90)39(68-55(42)86)21-34-8-7-17-91-34/h7-8,10-13,17,29-30,33,35-44,48,75-76H,5-6,9,14-16,18-28,60H2,1-4H3,(H2,61,80)(H,62,81)(H,63,82)(H,64,77)(H,65,78)(H,66,85)(H,67,83)(H,68,86)(H,69,88)(H,70,87)(H,71,84)(H,72,89)(H,73,79)/t33-,35+,36+,37+,38+,39+,40+,41+,42+,43+,44+,48+/m1/s1. The van der Waals surface area contributed by atoms with Crippen molar-refractivity contribution in [1.29, 1.82) is 0 Å². The third-order valence-corrected chi connectivity index (χ3v) is 20.3. The van der Waals surface area contributed by atoms with Crippen LogP contribution in [0.25, 0.3) is 0 Å². The number of hydrogen-bond acceptors (Lipinski definition) is 22. The zero-order valence-electron chi connectivity index (χ0n) is 52.9. The van der Waals surface area contributed by atoms with Gasteiger partial charge in [0.2, 0.25) is 82.7 Å². The van der Waals surface area contributed by atoms with Gasteiger partial charge in [-0.1, -0.05) is 83.0 Å². The number of aliphatic hydroxyl groups is 1. The molecule has 18 N–H and O–H groups in total. The molecule has 1 aromatic carbocycles. The Labute approximate surface area is 563 Å². The molecular formula is C59H85N15O17S4. The van der Waals surface area contributed by atoms with Gasteiger partial charge in [-0.15, -0.1) is 0 Å². The van der Waals surface area contributed by atoms with Crippen molar-refractivity contribution < 1.29 is 81.8 Å². The molecule has 2 aromatic rings. The van der Waals surface area contributed by atoms with Gasteiger partial charge >= 0.3 is 0 Å². The molecule has 5 heterocycles. The normalized spacial score (nSPS) is 26.4. The van der Waals surface area contributed by atoms with Crippen molar-refractivity contribution >= 4 is 126 Å². The predicted molar refractivity (Wildman–Crippen MR) is 351 cm³/mol. The molecule has 4 aliphatic heterocycles. The number of fused-ring (bicyclic) bond motifs is 6. The number of furan rings is 1. The van der Waals surface area contributed by atoms with Crippen LogP contribution in [0.1, 0.15) is 84.0 Å². The molecule has 4 fully saturated rings. The average Bonchev–Trinajstić information content (AvgIpc) is 1.71. The molecule has 12 atom stereocenters. The fourth-order valence-corrected chi connectivity index (χ4v) is 15.0. The maximum absolute atomic E-state index is 15.0. The number of nitrogens with two attached hydrogens (primary N) is 2. The fraction of sp³-hybridized carbons (Fsp3) is 0.593. The first-order valence-electron chi connectivity index (χ1n) is 31.0. The molecule has 0 unspecified atom stereocenters. The highest BCUT2D eigenvalue weighted by atomic mass is 33.1. The Morgan fingerprint density at radius 3 is 1.97 bits per heavy atom. The number of nitrogens with one attached hydrogen (secondary N) is 12. The van der Waals surface area contributed by atoms with Gasteiger partial charge in [0.25, 0.3) is 0 Å². The molecule has 14 amide bonds. The maximum Gasteiger partial charge on any atom is 0.246 e. The molecule has 0 saturated carbocycles. The zero-order valence-corrected chi connectivity index (χ0v) is 56.2. The van der Waals surface area contributed by atoms with Crippen molar-refractivity contribution in [3.05, 3.63) is 54.0 Å². The second kappa shape index (κ2) is 37.5. The monoisotopic (exact) mass is 1400 g/mol. The van der Waals surface area contributed by atoms with E-state index in [1.165, 1.54) is 42.7 Å². The summed E-state index contributed by atoms with van der Waals surface area (Å²) in [6.07, 6.45) is 0.269. The van der Waals surface area contributed by atoms with E-state index < -0.39 is 175 Å². The average molecular weight is 1400 g/mol.